The molecular formula is C27H36FN3O5. The van der Waals surface area contributed by atoms with Crippen molar-refractivity contribution >= 4 is 11.7 Å². The number of carboxylic acid groups (broad SMARTS) is 1. The molecule has 2 aromatic heterocycles. The van der Waals surface area contributed by atoms with E-state index in [1.807, 2.05) is 18.2 Å². The Hall–Kier alpha value is -3.10. The highest BCUT2D eigenvalue weighted by Crippen LogP contribution is 2.45. The fraction of sp³-hybridized carbons (Fsp3) is 0.593. The molecule has 1 saturated carbocycles. The van der Waals surface area contributed by atoms with Gasteiger partial charge in [-0.15, -0.1) is 0 Å². The summed E-state index contributed by atoms with van der Waals surface area (Å²) in [6, 6.07) is 5.64. The van der Waals surface area contributed by atoms with Gasteiger partial charge in [0.2, 0.25) is 11.8 Å². The number of aromatic nitrogens is 2. The zero-order chi connectivity index (χ0) is 25.7. The van der Waals surface area contributed by atoms with Gasteiger partial charge in [-0.05, 0) is 68.9 Å². The molecule has 1 atom stereocenters. The highest BCUT2D eigenvalue weighted by molar-refractivity contribution is 5.68. The Morgan fingerprint density at radius 3 is 2.56 bits per heavy atom. The van der Waals surface area contributed by atoms with Gasteiger partial charge in [0.05, 0.1) is 32.0 Å². The average molecular weight is 502 g/mol. The quantitative estimate of drug-likeness (QED) is 0.440. The van der Waals surface area contributed by atoms with Crippen molar-refractivity contribution in [1.82, 2.24) is 9.97 Å². The van der Waals surface area contributed by atoms with Crippen molar-refractivity contribution in [1.29, 1.82) is 0 Å². The lowest BCUT2D eigenvalue weighted by molar-refractivity contribution is -0.137. The van der Waals surface area contributed by atoms with E-state index in [0.717, 1.165) is 50.0 Å². The third-order valence-electron chi connectivity index (χ3n) is 6.80. The summed E-state index contributed by atoms with van der Waals surface area (Å²) in [7, 11) is 1.57. The molecule has 0 bridgehead atoms. The van der Waals surface area contributed by atoms with E-state index < -0.39 is 11.6 Å². The Morgan fingerprint density at radius 2 is 1.92 bits per heavy atom. The zero-order valence-electron chi connectivity index (χ0n) is 21.3. The van der Waals surface area contributed by atoms with Crippen molar-refractivity contribution in [2.45, 2.75) is 57.5 Å². The smallest absolute Gasteiger partial charge is 0.303 e. The normalized spacial score (nSPS) is 17.5. The number of halogens is 1. The number of methoxy groups -OCH3 is 1. The fourth-order valence-electron chi connectivity index (χ4n) is 4.65. The SMILES string of the molecule is COc1cc(N2CCC(COc3cc(C(CC(=O)O)C4CC4)ccn3)CC2)c(OCC(C)(C)F)cn1. The number of alkyl halides is 1. The summed E-state index contributed by atoms with van der Waals surface area (Å²) >= 11 is 0. The highest BCUT2D eigenvalue weighted by atomic mass is 19.1. The third-order valence-corrected chi connectivity index (χ3v) is 6.80. The highest BCUT2D eigenvalue weighted by Gasteiger charge is 2.34. The van der Waals surface area contributed by atoms with Crippen LogP contribution in [0, 0.1) is 11.8 Å². The molecule has 2 aromatic rings. The van der Waals surface area contributed by atoms with Gasteiger partial charge in [-0.3, -0.25) is 4.79 Å². The maximum atomic E-state index is 14.0. The molecule has 2 aliphatic rings. The Morgan fingerprint density at radius 1 is 1.17 bits per heavy atom. The molecule has 1 unspecified atom stereocenters. The lowest BCUT2D eigenvalue weighted by atomic mass is 9.92. The Balaban J connectivity index is 1.33. The van der Waals surface area contributed by atoms with E-state index in [4.69, 9.17) is 14.2 Å². The molecule has 1 aliphatic heterocycles. The second kappa shape index (κ2) is 11.3. The van der Waals surface area contributed by atoms with Crippen LogP contribution in [0.1, 0.15) is 57.4 Å². The van der Waals surface area contributed by atoms with Gasteiger partial charge in [0.15, 0.2) is 5.75 Å². The maximum absolute atomic E-state index is 14.0. The summed E-state index contributed by atoms with van der Waals surface area (Å²) in [5.74, 6) is 1.64. The van der Waals surface area contributed by atoms with Crippen LogP contribution < -0.4 is 19.1 Å². The number of piperidine rings is 1. The molecule has 4 rings (SSSR count). The van der Waals surface area contributed by atoms with Gasteiger partial charge in [0.25, 0.3) is 0 Å². The van der Waals surface area contributed by atoms with Crippen molar-refractivity contribution in [3.05, 3.63) is 36.2 Å². The largest absolute Gasteiger partial charge is 0.486 e. The summed E-state index contributed by atoms with van der Waals surface area (Å²) in [5, 5.41) is 9.29. The molecule has 1 aliphatic carbocycles. The van der Waals surface area contributed by atoms with Crippen molar-refractivity contribution in [3.63, 3.8) is 0 Å². The lowest BCUT2D eigenvalue weighted by Gasteiger charge is -2.34. The van der Waals surface area contributed by atoms with Crippen molar-refractivity contribution < 1.29 is 28.5 Å². The minimum atomic E-state index is -1.45. The van der Waals surface area contributed by atoms with Crippen LogP contribution in [0.3, 0.4) is 0 Å². The van der Waals surface area contributed by atoms with Crippen LogP contribution in [-0.4, -0.2) is 60.1 Å². The molecule has 0 spiro atoms. The molecule has 196 valence electrons. The number of carbonyl (C=O) groups is 1. The number of aliphatic carboxylic acids is 1. The average Bonchev–Trinajstić information content (AvgIpc) is 3.70. The van der Waals surface area contributed by atoms with Crippen LogP contribution in [0.15, 0.2) is 30.6 Å². The minimum absolute atomic E-state index is 0.0211. The predicted octanol–water partition coefficient (Wildman–Crippen LogP) is 4.88. The van der Waals surface area contributed by atoms with Crippen LogP contribution in [0.5, 0.6) is 17.5 Å². The molecule has 0 amide bonds. The number of ether oxygens (including phenoxy) is 3. The first-order valence-corrected chi connectivity index (χ1v) is 12.6. The van der Waals surface area contributed by atoms with Crippen molar-refractivity contribution in [2.24, 2.45) is 11.8 Å². The Bertz CT molecular complexity index is 1030. The van der Waals surface area contributed by atoms with Gasteiger partial charge in [0.1, 0.15) is 12.3 Å². The van der Waals surface area contributed by atoms with E-state index in [1.165, 1.54) is 13.8 Å². The molecular weight excluding hydrogens is 465 g/mol. The first-order chi connectivity index (χ1) is 17.2. The van der Waals surface area contributed by atoms with Gasteiger partial charge in [-0.1, -0.05) is 0 Å². The number of rotatable bonds is 12. The first-order valence-electron chi connectivity index (χ1n) is 12.6. The van der Waals surface area contributed by atoms with Crippen molar-refractivity contribution in [3.8, 4) is 17.5 Å². The van der Waals surface area contributed by atoms with Gasteiger partial charge in [-0.2, -0.15) is 0 Å². The van der Waals surface area contributed by atoms with E-state index in [-0.39, 0.29) is 18.9 Å². The molecule has 1 N–H and O–H groups in total. The van der Waals surface area contributed by atoms with Crippen LogP contribution >= 0.6 is 0 Å². The molecule has 2 fully saturated rings. The minimum Gasteiger partial charge on any atom is -0.486 e. The van der Waals surface area contributed by atoms with Gasteiger partial charge in [-0.25, -0.2) is 14.4 Å². The van der Waals surface area contributed by atoms with Crippen LogP contribution in [0.4, 0.5) is 10.1 Å². The van der Waals surface area contributed by atoms with Gasteiger partial charge >= 0.3 is 5.97 Å². The van der Waals surface area contributed by atoms with E-state index in [9.17, 15) is 14.3 Å². The van der Waals surface area contributed by atoms with E-state index in [1.54, 1.807) is 19.5 Å². The summed E-state index contributed by atoms with van der Waals surface area (Å²) in [5.41, 5.74) is 0.402. The van der Waals surface area contributed by atoms with E-state index >= 15 is 0 Å². The summed E-state index contributed by atoms with van der Waals surface area (Å²) in [4.78, 5) is 22.1. The predicted molar refractivity (Wildman–Crippen MR) is 134 cm³/mol. The first kappa shape index (κ1) is 26.0. The topological polar surface area (TPSA) is 94.0 Å². The number of pyridine rings is 2. The van der Waals surface area contributed by atoms with Crippen molar-refractivity contribution in [2.75, 3.05) is 38.3 Å². The number of hydrogen-bond acceptors (Lipinski definition) is 7. The van der Waals surface area contributed by atoms with Gasteiger partial charge in [0, 0.05) is 31.4 Å². The number of nitrogens with zero attached hydrogens (tertiary/aromatic N) is 3. The number of anilines is 1. The van der Waals surface area contributed by atoms with E-state index in [0.29, 0.717) is 36.0 Å². The second-order valence-corrected chi connectivity index (χ2v) is 10.4. The Labute approximate surface area is 211 Å². The monoisotopic (exact) mass is 501 g/mol. The second-order valence-electron chi connectivity index (χ2n) is 10.4. The number of hydrogen-bond donors (Lipinski definition) is 1. The Kier molecular flexibility index (Phi) is 8.16. The summed E-state index contributed by atoms with van der Waals surface area (Å²) in [6.45, 7) is 5.06. The molecule has 36 heavy (non-hydrogen) atoms. The van der Waals surface area contributed by atoms with Crippen LogP contribution in [-0.2, 0) is 4.79 Å². The summed E-state index contributed by atoms with van der Waals surface area (Å²) < 4.78 is 31.1. The molecule has 3 heterocycles. The maximum Gasteiger partial charge on any atom is 0.303 e. The molecule has 1 saturated heterocycles. The fourth-order valence-corrected chi connectivity index (χ4v) is 4.65. The van der Waals surface area contributed by atoms with E-state index in [2.05, 4.69) is 14.9 Å². The number of carboxylic acids is 1. The summed E-state index contributed by atoms with van der Waals surface area (Å²) in [6.07, 6.45) is 7.44. The molecule has 0 radical (unpaired) electrons. The zero-order valence-corrected chi connectivity index (χ0v) is 21.3. The third kappa shape index (κ3) is 7.21. The lowest BCUT2D eigenvalue weighted by Crippen LogP contribution is -2.36. The molecule has 9 heteroatoms. The standard InChI is InChI=1S/C27H36FN3O5/c1-27(2,28)17-36-23-15-30-24(34-3)14-22(23)31-10-7-18(8-11-31)16-35-25-12-20(6-9-29-25)21(13-26(32)33)19-4-5-19/h6,9,12,14-15,18-19,21H,4-5,7-8,10-11,13,16-17H2,1-3H3,(H,32,33). The van der Waals surface area contributed by atoms with Crippen LogP contribution in [0.25, 0.3) is 0 Å². The van der Waals surface area contributed by atoms with Gasteiger partial charge < -0.3 is 24.2 Å². The molecule has 0 aromatic carbocycles. The van der Waals surface area contributed by atoms with Crippen LogP contribution in [0.2, 0.25) is 0 Å². The molecule has 8 nitrogen and oxygen atoms in total.